The number of carbonyl (C=O) groups is 4. The van der Waals surface area contributed by atoms with E-state index in [1.807, 2.05) is 91.0 Å². The van der Waals surface area contributed by atoms with Crippen LogP contribution in [0.2, 0.25) is 0 Å². The number of carbonyl (C=O) groups excluding carboxylic acids is 4. The Morgan fingerprint density at radius 1 is 0.634 bits per heavy atom. The molecular weight excluding hydrogens is 913 g/mol. The van der Waals surface area contributed by atoms with Crippen LogP contribution in [0.4, 0.5) is 9.59 Å². The molecule has 0 aliphatic carbocycles. The van der Waals surface area contributed by atoms with Gasteiger partial charge in [0.05, 0.1) is 64.4 Å². The van der Waals surface area contributed by atoms with Crippen LogP contribution in [0.3, 0.4) is 0 Å². The number of H-pyrrole nitrogens is 1. The van der Waals surface area contributed by atoms with Gasteiger partial charge in [-0.25, -0.2) is 24.2 Å². The fourth-order valence-corrected chi connectivity index (χ4v) is 7.93. The lowest BCUT2D eigenvalue weighted by Gasteiger charge is -2.27. The number of rotatable bonds is 8. The van der Waals surface area contributed by atoms with Crippen LogP contribution >= 0.6 is 0 Å². The van der Waals surface area contributed by atoms with Gasteiger partial charge >= 0.3 is 24.1 Å². The number of amides is 2. The van der Waals surface area contributed by atoms with Gasteiger partial charge in [-0.15, -0.1) is 0 Å². The van der Waals surface area contributed by atoms with E-state index in [1.54, 1.807) is 74.0 Å². The van der Waals surface area contributed by atoms with Crippen molar-refractivity contribution in [1.82, 2.24) is 19.8 Å². The van der Waals surface area contributed by atoms with Crippen molar-refractivity contribution in [2.75, 3.05) is 41.5 Å². The number of aromatic nitrogens is 2. The molecule has 17 heteroatoms. The van der Waals surface area contributed by atoms with Gasteiger partial charge in [0.1, 0.15) is 46.6 Å². The number of nitrogens with zero attached hydrogens (tertiary/aromatic N) is 3. The molecule has 0 saturated carbocycles. The molecule has 2 amide bonds. The molecule has 6 aromatic rings. The van der Waals surface area contributed by atoms with E-state index < -0.39 is 59.6 Å². The molecule has 2 aliphatic rings. The third-order valence-corrected chi connectivity index (χ3v) is 11.2. The molecule has 0 radical (unpaired) electrons. The molecule has 2 N–H and O–H groups in total. The number of fused-ring (bicyclic) bond motifs is 2. The summed E-state index contributed by atoms with van der Waals surface area (Å²) < 4.78 is 37.2. The highest BCUT2D eigenvalue weighted by molar-refractivity contribution is 5.89. The summed E-state index contributed by atoms with van der Waals surface area (Å²) in [6.07, 6.45) is -1.87. The van der Waals surface area contributed by atoms with Crippen LogP contribution in [0.25, 0.3) is 44.3 Å². The molecule has 4 atom stereocenters. The average molecular weight is 975 g/mol. The molecule has 71 heavy (non-hydrogen) atoms. The molecule has 2 aliphatic heterocycles. The maximum Gasteiger partial charge on any atom is 0.411 e. The van der Waals surface area contributed by atoms with E-state index in [0.717, 1.165) is 39.2 Å². The maximum absolute atomic E-state index is 12.8. The lowest BCUT2D eigenvalue weighted by molar-refractivity contribution is -0.146. The topological polar surface area (TPSA) is 205 Å². The fraction of sp³-hybridized carbons (Fsp3) is 0.370. The van der Waals surface area contributed by atoms with Gasteiger partial charge in [-0.1, -0.05) is 60.7 Å². The van der Waals surface area contributed by atoms with Crippen molar-refractivity contribution < 1.29 is 57.4 Å². The average Bonchev–Trinajstić information content (AvgIpc) is 3.97. The van der Waals surface area contributed by atoms with Gasteiger partial charge < -0.3 is 43.2 Å². The van der Waals surface area contributed by atoms with Gasteiger partial charge in [-0.05, 0) is 71.4 Å². The summed E-state index contributed by atoms with van der Waals surface area (Å²) in [4.78, 5) is 71.4. The number of aromatic amines is 1. The normalized spacial score (nSPS) is 17.5. The summed E-state index contributed by atoms with van der Waals surface area (Å²) in [5, 5.41) is 11.0. The molecule has 0 spiro atoms. The number of pyridine rings is 2. The molecule has 2 saturated heterocycles. The zero-order valence-corrected chi connectivity index (χ0v) is 41.7. The van der Waals surface area contributed by atoms with E-state index >= 15 is 0 Å². The highest BCUT2D eigenvalue weighted by Crippen LogP contribution is 2.35. The number of β-amino-alcohol motifs (C(OH)–C–C–N with tert-alkyl or cyclic N) is 1. The largest absolute Gasteiger partial charge is 0.497 e. The Morgan fingerprint density at radius 3 is 1.70 bits per heavy atom. The Morgan fingerprint density at radius 2 is 1.15 bits per heavy atom. The number of ether oxygens (including phenoxy) is 7. The molecule has 8 rings (SSSR count). The first-order chi connectivity index (χ1) is 33.7. The molecular formula is C54H62N4O13. The maximum atomic E-state index is 12.8. The zero-order chi connectivity index (χ0) is 51.6. The number of esters is 2. The van der Waals surface area contributed by atoms with Crippen molar-refractivity contribution >= 4 is 45.9 Å². The fourth-order valence-electron chi connectivity index (χ4n) is 7.93. The molecule has 376 valence electrons. The third-order valence-electron chi connectivity index (χ3n) is 11.2. The summed E-state index contributed by atoms with van der Waals surface area (Å²) in [5.74, 6) is 0.983. The molecule has 4 aromatic carbocycles. The summed E-state index contributed by atoms with van der Waals surface area (Å²) in [5.41, 5.74) is 3.67. The monoisotopic (exact) mass is 974 g/mol. The van der Waals surface area contributed by atoms with Crippen molar-refractivity contribution in [2.24, 2.45) is 0 Å². The van der Waals surface area contributed by atoms with Crippen LogP contribution in [-0.2, 0) is 28.5 Å². The first-order valence-corrected chi connectivity index (χ1v) is 23.0. The number of methoxy groups -OCH3 is 4. The highest BCUT2D eigenvalue weighted by atomic mass is 16.6. The van der Waals surface area contributed by atoms with E-state index in [9.17, 15) is 29.1 Å². The van der Waals surface area contributed by atoms with Crippen LogP contribution < -0.4 is 19.6 Å². The van der Waals surface area contributed by atoms with Gasteiger partial charge in [-0.3, -0.25) is 14.6 Å². The van der Waals surface area contributed by atoms with Crippen LogP contribution in [0, 0.1) is 0 Å². The predicted octanol–water partition coefficient (Wildman–Crippen LogP) is 8.57. The Labute approximate surface area is 412 Å². The summed E-state index contributed by atoms with van der Waals surface area (Å²) in [7, 11) is 5.77. The predicted molar refractivity (Wildman–Crippen MR) is 267 cm³/mol. The van der Waals surface area contributed by atoms with Crippen molar-refractivity contribution in [3.05, 3.63) is 119 Å². The first kappa shape index (κ1) is 52.7. The molecule has 17 nitrogen and oxygen atoms in total. The van der Waals surface area contributed by atoms with Gasteiger partial charge in [0.25, 0.3) is 0 Å². The number of hydrogen-bond donors (Lipinski definition) is 2. The minimum Gasteiger partial charge on any atom is -0.497 e. The number of aliphatic hydroxyl groups is 1. The lowest BCUT2D eigenvalue weighted by Crippen LogP contribution is -2.44. The van der Waals surface area contributed by atoms with Gasteiger partial charge in [0.15, 0.2) is 5.43 Å². The zero-order valence-electron chi connectivity index (χ0n) is 41.7. The van der Waals surface area contributed by atoms with Gasteiger partial charge in [-0.2, -0.15) is 0 Å². The van der Waals surface area contributed by atoms with E-state index in [0.29, 0.717) is 22.4 Å². The molecule has 0 bridgehead atoms. The Balaban J connectivity index is 0.000000193. The highest BCUT2D eigenvalue weighted by Gasteiger charge is 2.44. The smallest absolute Gasteiger partial charge is 0.411 e. The number of likely N-dealkylation sites (tertiary alicyclic amines) is 2. The van der Waals surface area contributed by atoms with Crippen LogP contribution in [0.15, 0.2) is 114 Å². The van der Waals surface area contributed by atoms with Gasteiger partial charge in [0, 0.05) is 59.1 Å². The third kappa shape index (κ3) is 13.8. The Kier molecular flexibility index (Phi) is 17.0. The molecule has 2 aromatic heterocycles. The minimum atomic E-state index is -0.790. The second kappa shape index (κ2) is 22.8. The number of aliphatic hydroxyl groups excluding tert-OH is 1. The number of nitrogens with one attached hydrogen (secondary N) is 1. The summed E-state index contributed by atoms with van der Waals surface area (Å²) in [6, 6.07) is 32.5. The van der Waals surface area contributed by atoms with Crippen molar-refractivity contribution in [1.29, 1.82) is 0 Å². The number of benzene rings is 4. The van der Waals surface area contributed by atoms with Crippen LogP contribution in [0.5, 0.6) is 17.2 Å². The van der Waals surface area contributed by atoms with Crippen molar-refractivity contribution in [3.8, 4) is 39.8 Å². The minimum absolute atomic E-state index is 0.00950. The van der Waals surface area contributed by atoms with Crippen LogP contribution in [0.1, 0.15) is 54.4 Å². The second-order valence-electron chi connectivity index (χ2n) is 18.8. The van der Waals surface area contributed by atoms with E-state index in [2.05, 4.69) is 9.72 Å². The Bertz CT molecular complexity index is 2880. The standard InChI is InChI=1S/C27H30N2O6.C16H13NO2.C11H19NO5/c1-27(2,3)35-26(31)29-16-19(14-23(29)25(30)33-5)34-24-15-21(17-9-7-6-8-10-17)28-22-13-18(32-4)11-12-20(22)24;1-19-12-7-8-13-15(9-12)17-14(10-16(13)18)11-5-3-2-4-6-11;1-11(2,3)17-10(15)12-6-7(13)5-8(12)9(14)16-4/h6-13,15,19,23H,14,16H2,1-5H3;2-10H,1H3,(H,17,18);7-8,13H,5-6H2,1-4H3/t19-,23+;;7-,8-/m1.0/s1. The number of hydrogen-bond acceptors (Lipinski definition) is 14. The Hall–Kier alpha value is -7.66. The van der Waals surface area contributed by atoms with E-state index in [4.69, 9.17) is 33.4 Å². The first-order valence-electron chi connectivity index (χ1n) is 23.0. The quantitative estimate of drug-likeness (QED) is 0.108. The summed E-state index contributed by atoms with van der Waals surface area (Å²) in [6.45, 7) is 10.9. The molecule has 0 unspecified atom stereocenters. The van der Waals surface area contributed by atoms with Crippen molar-refractivity contribution in [2.45, 2.75) is 89.9 Å². The second-order valence-corrected chi connectivity index (χ2v) is 18.8. The van der Waals surface area contributed by atoms with Crippen molar-refractivity contribution in [3.63, 3.8) is 0 Å². The lowest BCUT2D eigenvalue weighted by atomic mass is 10.1. The van der Waals surface area contributed by atoms with Crippen LogP contribution in [-0.4, -0.2) is 126 Å². The summed E-state index contributed by atoms with van der Waals surface area (Å²) >= 11 is 0. The molecule has 2 fully saturated rings. The SMILES string of the molecule is COC(=O)[C@@H]1C[C@@H](Oc2cc(-c3ccccc3)nc3cc(OC)ccc23)CN1C(=O)OC(C)(C)C.COC(=O)[C@@H]1C[C@H](O)CN1C(=O)OC(C)(C)C.COc1ccc2c(=O)cc(-c3ccccc3)[nH]c2c1. The molecule has 4 heterocycles. The van der Waals surface area contributed by atoms with E-state index in [1.165, 1.54) is 24.0 Å². The van der Waals surface area contributed by atoms with E-state index in [-0.39, 0.29) is 31.4 Å². The van der Waals surface area contributed by atoms with Gasteiger partial charge in [0.2, 0.25) is 0 Å².